The quantitative estimate of drug-likeness (QED) is 0.915. The highest BCUT2D eigenvalue weighted by Crippen LogP contribution is 2.29. The standard InChI is InChI=1S/C15H19NOS/c1-11-10-18-14(16-11)9-13(17)15(2,3)12-7-5-4-6-8-12/h4-8,10,13,17H,9H2,1-3H3. The first-order valence-electron chi connectivity index (χ1n) is 6.15. The number of benzene rings is 1. The largest absolute Gasteiger partial charge is 0.392 e. The Labute approximate surface area is 112 Å². The molecule has 2 rings (SSSR count). The van der Waals surface area contributed by atoms with Crippen molar-refractivity contribution in [3.8, 4) is 0 Å². The second-order valence-corrected chi connectivity index (χ2v) is 6.13. The van der Waals surface area contributed by atoms with E-state index in [4.69, 9.17) is 0 Å². The zero-order valence-electron chi connectivity index (χ0n) is 11.1. The first-order valence-corrected chi connectivity index (χ1v) is 7.02. The summed E-state index contributed by atoms with van der Waals surface area (Å²) in [6, 6.07) is 10.2. The van der Waals surface area contributed by atoms with Crippen LogP contribution in [0.25, 0.3) is 0 Å². The molecule has 0 aliphatic heterocycles. The van der Waals surface area contributed by atoms with Gasteiger partial charge < -0.3 is 5.11 Å². The van der Waals surface area contributed by atoms with Crippen LogP contribution in [0.15, 0.2) is 35.7 Å². The van der Waals surface area contributed by atoms with Crippen LogP contribution in [-0.2, 0) is 11.8 Å². The minimum atomic E-state index is -0.426. The molecule has 0 bridgehead atoms. The van der Waals surface area contributed by atoms with E-state index < -0.39 is 6.10 Å². The molecule has 0 fully saturated rings. The van der Waals surface area contributed by atoms with E-state index in [0.717, 1.165) is 16.3 Å². The third kappa shape index (κ3) is 2.79. The summed E-state index contributed by atoms with van der Waals surface area (Å²) in [5, 5.41) is 13.5. The van der Waals surface area contributed by atoms with Gasteiger partial charge in [-0.05, 0) is 12.5 Å². The fraction of sp³-hybridized carbons (Fsp3) is 0.400. The van der Waals surface area contributed by atoms with Gasteiger partial charge in [-0.2, -0.15) is 0 Å². The number of thiazole rings is 1. The van der Waals surface area contributed by atoms with E-state index in [1.165, 1.54) is 0 Å². The number of aryl methyl sites for hydroxylation is 1. The fourth-order valence-corrected chi connectivity index (χ4v) is 2.79. The van der Waals surface area contributed by atoms with Crippen LogP contribution in [0.4, 0.5) is 0 Å². The zero-order chi connectivity index (χ0) is 13.2. The molecule has 2 nitrogen and oxygen atoms in total. The lowest BCUT2D eigenvalue weighted by atomic mass is 9.78. The van der Waals surface area contributed by atoms with Gasteiger partial charge in [-0.1, -0.05) is 44.2 Å². The van der Waals surface area contributed by atoms with Gasteiger partial charge in [-0.3, -0.25) is 0 Å². The summed E-state index contributed by atoms with van der Waals surface area (Å²) in [5.74, 6) is 0. The maximum absolute atomic E-state index is 10.5. The van der Waals surface area contributed by atoms with E-state index in [0.29, 0.717) is 6.42 Å². The van der Waals surface area contributed by atoms with Crippen molar-refractivity contribution in [2.24, 2.45) is 0 Å². The zero-order valence-corrected chi connectivity index (χ0v) is 11.9. The molecule has 18 heavy (non-hydrogen) atoms. The highest BCUT2D eigenvalue weighted by Gasteiger charge is 2.30. The van der Waals surface area contributed by atoms with Crippen LogP contribution in [-0.4, -0.2) is 16.2 Å². The molecular formula is C15H19NOS. The lowest BCUT2D eigenvalue weighted by Gasteiger charge is -2.30. The number of aliphatic hydroxyl groups excluding tert-OH is 1. The second kappa shape index (κ2) is 5.21. The van der Waals surface area contributed by atoms with Crippen LogP contribution in [0, 0.1) is 6.92 Å². The third-order valence-corrected chi connectivity index (χ3v) is 4.37. The van der Waals surface area contributed by atoms with Gasteiger partial charge in [0, 0.05) is 22.9 Å². The van der Waals surface area contributed by atoms with Crippen molar-refractivity contribution in [2.75, 3.05) is 0 Å². The Morgan fingerprint density at radius 2 is 1.94 bits per heavy atom. The molecule has 0 saturated heterocycles. The van der Waals surface area contributed by atoms with Crippen molar-refractivity contribution >= 4 is 11.3 Å². The summed E-state index contributed by atoms with van der Waals surface area (Å²) in [4.78, 5) is 4.42. The van der Waals surface area contributed by atoms with Gasteiger partial charge in [0.25, 0.3) is 0 Å². The van der Waals surface area contributed by atoms with E-state index in [1.807, 2.05) is 30.5 Å². The maximum atomic E-state index is 10.5. The minimum Gasteiger partial charge on any atom is -0.392 e. The normalized spacial score (nSPS) is 13.6. The highest BCUT2D eigenvalue weighted by molar-refractivity contribution is 7.09. The van der Waals surface area contributed by atoms with E-state index in [9.17, 15) is 5.11 Å². The Kier molecular flexibility index (Phi) is 3.83. The molecule has 0 amide bonds. The van der Waals surface area contributed by atoms with Crippen LogP contribution in [0.1, 0.15) is 30.1 Å². The van der Waals surface area contributed by atoms with E-state index in [2.05, 4.69) is 31.0 Å². The van der Waals surface area contributed by atoms with Crippen LogP contribution in [0.5, 0.6) is 0 Å². The van der Waals surface area contributed by atoms with Crippen LogP contribution in [0.3, 0.4) is 0 Å². The van der Waals surface area contributed by atoms with Crippen LogP contribution < -0.4 is 0 Å². The molecule has 1 N–H and O–H groups in total. The lowest BCUT2D eigenvalue weighted by molar-refractivity contribution is 0.0999. The number of hydrogen-bond donors (Lipinski definition) is 1. The smallest absolute Gasteiger partial charge is 0.0954 e. The molecule has 0 aliphatic rings. The number of rotatable bonds is 4. The SMILES string of the molecule is Cc1csc(CC(O)C(C)(C)c2ccccc2)n1. The second-order valence-electron chi connectivity index (χ2n) is 5.19. The van der Waals surface area contributed by atoms with Crippen molar-refractivity contribution in [1.29, 1.82) is 0 Å². The van der Waals surface area contributed by atoms with E-state index in [1.54, 1.807) is 11.3 Å². The fourth-order valence-electron chi connectivity index (χ4n) is 1.98. The van der Waals surface area contributed by atoms with Crippen molar-refractivity contribution in [3.05, 3.63) is 52.0 Å². The Morgan fingerprint density at radius 1 is 1.28 bits per heavy atom. The summed E-state index contributed by atoms with van der Waals surface area (Å²) >= 11 is 1.62. The van der Waals surface area contributed by atoms with Crippen LogP contribution in [0.2, 0.25) is 0 Å². The van der Waals surface area contributed by atoms with Gasteiger partial charge in [0.05, 0.1) is 11.1 Å². The molecule has 0 spiro atoms. The molecule has 1 aromatic carbocycles. The van der Waals surface area contributed by atoms with Gasteiger partial charge in [0.15, 0.2) is 0 Å². The lowest BCUT2D eigenvalue weighted by Crippen LogP contribution is -2.35. The number of aliphatic hydroxyl groups is 1. The minimum absolute atomic E-state index is 0.263. The van der Waals surface area contributed by atoms with Crippen molar-refractivity contribution in [2.45, 2.75) is 38.7 Å². The topological polar surface area (TPSA) is 33.1 Å². The number of hydrogen-bond acceptors (Lipinski definition) is 3. The summed E-state index contributed by atoms with van der Waals surface area (Å²) in [6.45, 7) is 6.13. The van der Waals surface area contributed by atoms with Gasteiger partial charge in [0.2, 0.25) is 0 Å². The molecule has 0 saturated carbocycles. The summed E-state index contributed by atoms with van der Waals surface area (Å²) in [6.07, 6.45) is 0.186. The average Bonchev–Trinajstić information content (AvgIpc) is 2.76. The predicted molar refractivity (Wildman–Crippen MR) is 76.0 cm³/mol. The van der Waals surface area contributed by atoms with E-state index in [-0.39, 0.29) is 5.41 Å². The highest BCUT2D eigenvalue weighted by atomic mass is 32.1. The monoisotopic (exact) mass is 261 g/mol. The Morgan fingerprint density at radius 3 is 2.50 bits per heavy atom. The number of aromatic nitrogens is 1. The van der Waals surface area contributed by atoms with Gasteiger partial charge >= 0.3 is 0 Å². The van der Waals surface area contributed by atoms with Gasteiger partial charge in [-0.15, -0.1) is 11.3 Å². The predicted octanol–water partition coefficient (Wildman–Crippen LogP) is 3.33. The molecule has 0 aliphatic carbocycles. The third-order valence-electron chi connectivity index (χ3n) is 3.39. The molecule has 2 aromatic rings. The molecular weight excluding hydrogens is 242 g/mol. The van der Waals surface area contributed by atoms with Gasteiger partial charge in [0.1, 0.15) is 0 Å². The first-order chi connectivity index (χ1) is 8.50. The Balaban J connectivity index is 2.15. The maximum Gasteiger partial charge on any atom is 0.0954 e. The first kappa shape index (κ1) is 13.2. The molecule has 96 valence electrons. The molecule has 1 aromatic heterocycles. The summed E-state index contributed by atoms with van der Waals surface area (Å²) in [5.41, 5.74) is 1.92. The van der Waals surface area contributed by atoms with Crippen molar-refractivity contribution in [1.82, 2.24) is 4.98 Å². The van der Waals surface area contributed by atoms with Crippen molar-refractivity contribution < 1.29 is 5.11 Å². The summed E-state index contributed by atoms with van der Waals surface area (Å²) < 4.78 is 0. The molecule has 1 heterocycles. The number of nitrogens with zero attached hydrogens (tertiary/aromatic N) is 1. The average molecular weight is 261 g/mol. The molecule has 3 heteroatoms. The van der Waals surface area contributed by atoms with E-state index >= 15 is 0 Å². The van der Waals surface area contributed by atoms with Gasteiger partial charge in [-0.25, -0.2) is 4.98 Å². The summed E-state index contributed by atoms with van der Waals surface area (Å²) in [7, 11) is 0. The molecule has 1 atom stereocenters. The molecule has 1 unspecified atom stereocenters. The molecule has 0 radical (unpaired) electrons. The van der Waals surface area contributed by atoms with Crippen LogP contribution >= 0.6 is 11.3 Å². The van der Waals surface area contributed by atoms with Crippen molar-refractivity contribution in [3.63, 3.8) is 0 Å². The Bertz CT molecular complexity index is 504. The Hall–Kier alpha value is -1.19.